The molecule has 0 aliphatic carbocycles. The lowest BCUT2D eigenvalue weighted by atomic mass is 9.84. The molecule has 49 heavy (non-hydrogen) atoms. The summed E-state index contributed by atoms with van der Waals surface area (Å²) in [6.45, 7) is 0. The number of rotatable bonds is 3. The molecule has 0 spiro atoms. The van der Waals surface area contributed by atoms with Gasteiger partial charge in [0.05, 0.1) is 22.7 Å². The van der Waals surface area contributed by atoms with E-state index in [-0.39, 0.29) is 0 Å². The number of fused-ring (bicyclic) bond motifs is 10. The quantitative estimate of drug-likeness (QED) is 0.183. The number of para-hydroxylation sites is 2. The first-order valence-electron chi connectivity index (χ1n) is 16.7. The van der Waals surface area contributed by atoms with Gasteiger partial charge in [-0.3, -0.25) is 0 Å². The van der Waals surface area contributed by atoms with Gasteiger partial charge in [-0.1, -0.05) is 103 Å². The van der Waals surface area contributed by atoms with Crippen molar-refractivity contribution in [1.29, 1.82) is 0 Å². The zero-order chi connectivity index (χ0) is 32.1. The maximum absolute atomic E-state index is 6.41. The van der Waals surface area contributed by atoms with Gasteiger partial charge in [0.1, 0.15) is 16.7 Å². The minimum atomic E-state index is 0.835. The number of hydrogen-bond donors (Lipinski definition) is 0. The van der Waals surface area contributed by atoms with Gasteiger partial charge in [-0.05, 0) is 98.4 Å². The molecule has 0 amide bonds. The number of furan rings is 2. The van der Waals surface area contributed by atoms with Gasteiger partial charge in [0.2, 0.25) is 0 Å². The Bertz CT molecular complexity index is 3050. The highest BCUT2D eigenvalue weighted by molar-refractivity contribution is 6.27. The van der Waals surface area contributed by atoms with Gasteiger partial charge >= 0.3 is 0 Å². The Kier molecular flexibility index (Phi) is 5.38. The van der Waals surface area contributed by atoms with Crippen LogP contribution in [0.1, 0.15) is 0 Å². The third-order valence-electron chi connectivity index (χ3n) is 10.3. The van der Waals surface area contributed by atoms with E-state index < -0.39 is 0 Å². The molecule has 0 atom stereocenters. The maximum atomic E-state index is 6.41. The molecule has 0 fully saturated rings. The lowest BCUT2D eigenvalue weighted by molar-refractivity contribution is 0.615. The minimum Gasteiger partial charge on any atom is -0.464 e. The highest BCUT2D eigenvalue weighted by Crippen LogP contribution is 2.48. The van der Waals surface area contributed by atoms with Gasteiger partial charge < -0.3 is 13.4 Å². The fourth-order valence-corrected chi connectivity index (χ4v) is 8.25. The summed E-state index contributed by atoms with van der Waals surface area (Å²) in [7, 11) is 0. The van der Waals surface area contributed by atoms with Crippen LogP contribution < -0.4 is 0 Å². The second-order valence-corrected chi connectivity index (χ2v) is 12.8. The summed E-state index contributed by atoms with van der Waals surface area (Å²) in [6, 6.07) is 56.8. The number of benzene rings is 8. The van der Waals surface area contributed by atoms with Crippen LogP contribution in [0.2, 0.25) is 0 Å². The van der Waals surface area contributed by atoms with E-state index in [4.69, 9.17) is 8.83 Å². The normalized spacial score (nSPS) is 12.1. The first-order chi connectivity index (χ1) is 24.3. The van der Waals surface area contributed by atoms with Gasteiger partial charge in [0.25, 0.3) is 0 Å². The van der Waals surface area contributed by atoms with Crippen LogP contribution in [0.25, 0.3) is 104 Å². The fourth-order valence-electron chi connectivity index (χ4n) is 8.25. The van der Waals surface area contributed by atoms with Crippen molar-refractivity contribution in [1.82, 2.24) is 4.57 Å². The van der Waals surface area contributed by atoms with Gasteiger partial charge in [-0.15, -0.1) is 0 Å². The Balaban J connectivity index is 1.24. The number of nitrogens with zero attached hydrogens (tertiary/aromatic N) is 1. The van der Waals surface area contributed by atoms with Gasteiger partial charge in [0, 0.05) is 27.2 Å². The molecule has 3 heteroatoms. The van der Waals surface area contributed by atoms with Crippen molar-refractivity contribution in [3.63, 3.8) is 0 Å². The fraction of sp³-hybridized carbons (Fsp3) is 0. The van der Waals surface area contributed by atoms with E-state index in [0.717, 1.165) is 38.6 Å². The summed E-state index contributed by atoms with van der Waals surface area (Å²) >= 11 is 0. The van der Waals surface area contributed by atoms with E-state index in [0.29, 0.717) is 0 Å². The predicted molar refractivity (Wildman–Crippen MR) is 204 cm³/mol. The smallest absolute Gasteiger partial charge is 0.146 e. The third kappa shape index (κ3) is 3.67. The Morgan fingerprint density at radius 1 is 0.408 bits per heavy atom. The summed E-state index contributed by atoms with van der Waals surface area (Å²) in [5, 5.41) is 10.6. The van der Waals surface area contributed by atoms with Crippen molar-refractivity contribution in [2.45, 2.75) is 0 Å². The summed E-state index contributed by atoms with van der Waals surface area (Å²) in [5.41, 5.74) is 11.0. The van der Waals surface area contributed by atoms with Crippen LogP contribution in [0.4, 0.5) is 0 Å². The Morgan fingerprint density at radius 2 is 1.06 bits per heavy atom. The van der Waals surface area contributed by atoms with Crippen LogP contribution in [0.15, 0.2) is 173 Å². The van der Waals surface area contributed by atoms with E-state index in [1.54, 1.807) is 6.26 Å². The average Bonchev–Trinajstić information content (AvgIpc) is 3.88. The second-order valence-electron chi connectivity index (χ2n) is 12.8. The standard InChI is InChI=1S/C46H27NO2/c1-2-11-29(12-3-1)47-39-19-9-8-17-35(39)45-37(18-10-20-40(45)47)44-32-15-6-4-13-30(32)43(31-14-5-7-16-33(31)44)28-21-23-42-38(27-28)34-22-24-41-36(25-26-48-41)46(34)49-42/h1-27H. The van der Waals surface area contributed by atoms with Crippen molar-refractivity contribution in [3.05, 3.63) is 164 Å². The summed E-state index contributed by atoms with van der Waals surface area (Å²) in [4.78, 5) is 0. The lowest BCUT2D eigenvalue weighted by Crippen LogP contribution is -1.93. The summed E-state index contributed by atoms with van der Waals surface area (Å²) < 4.78 is 14.5. The van der Waals surface area contributed by atoms with Crippen molar-refractivity contribution in [3.8, 4) is 27.9 Å². The average molecular weight is 626 g/mol. The molecule has 3 aromatic heterocycles. The molecule has 8 aromatic carbocycles. The van der Waals surface area contributed by atoms with Crippen LogP contribution in [-0.4, -0.2) is 4.57 Å². The molecule has 228 valence electrons. The first-order valence-corrected chi connectivity index (χ1v) is 16.7. The molecule has 3 nitrogen and oxygen atoms in total. The topological polar surface area (TPSA) is 31.2 Å². The van der Waals surface area contributed by atoms with Crippen molar-refractivity contribution < 1.29 is 8.83 Å². The molecule has 0 aliphatic rings. The maximum Gasteiger partial charge on any atom is 0.146 e. The Labute approximate surface area is 280 Å². The Morgan fingerprint density at radius 3 is 1.84 bits per heavy atom. The molecular formula is C46H27NO2. The van der Waals surface area contributed by atoms with E-state index in [2.05, 4.69) is 150 Å². The number of aromatic nitrogens is 1. The molecule has 0 N–H and O–H groups in total. The molecule has 0 saturated heterocycles. The molecule has 0 saturated carbocycles. The molecule has 0 bridgehead atoms. The highest BCUT2D eigenvalue weighted by atomic mass is 16.3. The SMILES string of the molecule is c1ccc(-n2c3ccccc3c3c(-c4c5ccccc5c(-c5ccc6oc7c8ccoc8ccc7c6c5)c5ccccc45)cccc32)cc1. The molecule has 0 radical (unpaired) electrons. The molecule has 0 aliphatic heterocycles. The molecule has 11 rings (SSSR count). The van der Waals surface area contributed by atoms with Crippen LogP contribution >= 0.6 is 0 Å². The first kappa shape index (κ1) is 26.5. The second kappa shape index (κ2) is 9.96. The summed E-state index contributed by atoms with van der Waals surface area (Å²) in [5.74, 6) is 0. The van der Waals surface area contributed by atoms with E-state index in [1.807, 2.05) is 12.1 Å². The van der Waals surface area contributed by atoms with Gasteiger partial charge in [0.15, 0.2) is 0 Å². The van der Waals surface area contributed by atoms with Gasteiger partial charge in [-0.2, -0.15) is 0 Å². The van der Waals surface area contributed by atoms with E-state index in [1.165, 1.54) is 65.6 Å². The summed E-state index contributed by atoms with van der Waals surface area (Å²) in [6.07, 6.45) is 1.72. The van der Waals surface area contributed by atoms with Crippen LogP contribution in [0.5, 0.6) is 0 Å². The van der Waals surface area contributed by atoms with Gasteiger partial charge in [-0.25, -0.2) is 0 Å². The predicted octanol–water partition coefficient (Wildman–Crippen LogP) is 13.1. The third-order valence-corrected chi connectivity index (χ3v) is 10.3. The van der Waals surface area contributed by atoms with Crippen molar-refractivity contribution in [2.75, 3.05) is 0 Å². The zero-order valence-electron chi connectivity index (χ0n) is 26.4. The highest BCUT2D eigenvalue weighted by Gasteiger charge is 2.22. The molecular weight excluding hydrogens is 599 g/mol. The van der Waals surface area contributed by atoms with E-state index >= 15 is 0 Å². The number of hydrogen-bond acceptors (Lipinski definition) is 2. The Hall–Kier alpha value is -6.58. The lowest BCUT2D eigenvalue weighted by Gasteiger charge is -2.18. The monoisotopic (exact) mass is 625 g/mol. The largest absolute Gasteiger partial charge is 0.464 e. The zero-order valence-corrected chi connectivity index (χ0v) is 26.4. The van der Waals surface area contributed by atoms with Crippen LogP contribution in [0, 0.1) is 0 Å². The molecule has 11 aromatic rings. The van der Waals surface area contributed by atoms with Crippen molar-refractivity contribution in [2.24, 2.45) is 0 Å². The molecule has 3 heterocycles. The van der Waals surface area contributed by atoms with E-state index in [9.17, 15) is 0 Å². The molecule has 0 unspecified atom stereocenters. The minimum absolute atomic E-state index is 0.835. The van der Waals surface area contributed by atoms with Crippen LogP contribution in [0.3, 0.4) is 0 Å². The van der Waals surface area contributed by atoms with Crippen LogP contribution in [-0.2, 0) is 0 Å². The van der Waals surface area contributed by atoms with Crippen molar-refractivity contribution >= 4 is 76.3 Å².